The van der Waals surface area contributed by atoms with Gasteiger partial charge in [0.1, 0.15) is 23.2 Å². The Bertz CT molecular complexity index is 1800. The summed E-state index contributed by atoms with van der Waals surface area (Å²) >= 11 is 0. The standard InChI is InChI=1S/C45H58N4OSi2.H4P2/c1-41(2,3)46-39(31-23-17-15-18-24-31)48(43(7,8)9)51-35-29-21-27-33-37(35)50-38-34(45(33,13)14)28-22-30-36(38)52-49(44(10,11)12)40(47-42(4,5)6)32-25-19-16-20-26-32;1-2/h15-30H,1-14H3;1-2H2. The molecular weight excluding hydrogens is 731 g/mol. The zero-order chi connectivity index (χ0) is 40.3. The first-order chi connectivity index (χ1) is 25.1. The van der Waals surface area contributed by atoms with Crippen LogP contribution in [0.4, 0.5) is 0 Å². The normalized spacial score (nSPS) is 14.6. The topological polar surface area (TPSA) is 40.4 Å². The van der Waals surface area contributed by atoms with Crippen molar-refractivity contribution in [1.82, 2.24) is 9.13 Å². The molecule has 0 aromatic heterocycles. The van der Waals surface area contributed by atoms with Crippen LogP contribution in [0.1, 0.15) is 119 Å². The highest BCUT2D eigenvalue weighted by molar-refractivity contribution is 7.92. The van der Waals surface area contributed by atoms with Crippen LogP contribution in [0.3, 0.4) is 0 Å². The second kappa shape index (κ2) is 17.0. The monoisotopic (exact) mass is 792 g/mol. The molecule has 0 N–H and O–H groups in total. The van der Waals surface area contributed by atoms with Crippen LogP contribution in [-0.2, 0) is 5.41 Å². The summed E-state index contributed by atoms with van der Waals surface area (Å²) < 4.78 is 12.2. The lowest BCUT2D eigenvalue weighted by atomic mass is 9.76. The molecule has 5 rings (SSSR count). The van der Waals surface area contributed by atoms with Gasteiger partial charge < -0.3 is 13.9 Å². The van der Waals surface area contributed by atoms with Gasteiger partial charge in [0.25, 0.3) is 0 Å². The lowest BCUT2D eigenvalue weighted by Crippen LogP contribution is -2.53. The summed E-state index contributed by atoms with van der Waals surface area (Å²) in [6.45, 7) is 31.4. The van der Waals surface area contributed by atoms with Crippen molar-refractivity contribution in [3.63, 3.8) is 0 Å². The summed E-state index contributed by atoms with van der Waals surface area (Å²) in [4.78, 5) is 10.7. The van der Waals surface area contributed by atoms with Gasteiger partial charge in [0.05, 0.1) is 11.1 Å². The molecule has 0 amide bonds. The third-order valence-corrected chi connectivity index (χ3v) is 12.2. The first-order valence-corrected chi connectivity index (χ1v) is 23.3. The van der Waals surface area contributed by atoms with Crippen LogP contribution in [-0.4, -0.2) is 62.3 Å². The number of benzene rings is 4. The van der Waals surface area contributed by atoms with Crippen LogP contribution in [0.15, 0.2) is 107 Å². The number of ether oxygens (including phenoxy) is 1. The smallest absolute Gasteiger partial charge is 0.227 e. The van der Waals surface area contributed by atoms with Crippen LogP contribution < -0.4 is 15.1 Å². The van der Waals surface area contributed by atoms with E-state index in [1.165, 1.54) is 21.5 Å². The Balaban J connectivity index is 0.00000319. The molecule has 0 saturated heterocycles. The molecule has 286 valence electrons. The molecule has 4 aromatic rings. The van der Waals surface area contributed by atoms with E-state index in [-0.39, 0.29) is 27.6 Å². The van der Waals surface area contributed by atoms with E-state index in [2.05, 4.69) is 221 Å². The zero-order valence-electron chi connectivity index (χ0n) is 35.1. The second-order valence-electron chi connectivity index (χ2n) is 18.3. The molecule has 4 aromatic carbocycles. The number of amidine groups is 2. The molecule has 1 aliphatic rings. The van der Waals surface area contributed by atoms with Crippen LogP contribution in [0.2, 0.25) is 0 Å². The Hall–Kier alpha value is -3.09. The molecule has 2 unspecified atom stereocenters. The molecule has 0 bridgehead atoms. The molecule has 2 atom stereocenters. The number of aliphatic imine (C=N–C) groups is 2. The SMILES string of the molecule is CC(C)(C)N=C(c1ccccc1)N([Si]c1cccc2c1Oc1c([Si]N(C(=NC(C)(C)C)c3ccccc3)C(C)(C)C)cccc1C2(C)C)C(C)(C)C.PP. The van der Waals surface area contributed by atoms with Gasteiger partial charge in [-0.2, -0.15) is 0 Å². The van der Waals surface area contributed by atoms with Crippen molar-refractivity contribution < 1.29 is 4.74 Å². The van der Waals surface area contributed by atoms with Gasteiger partial charge in [0.15, 0.2) is 0 Å². The molecule has 9 heteroatoms. The van der Waals surface area contributed by atoms with Gasteiger partial charge in [-0.05, 0) is 83.1 Å². The van der Waals surface area contributed by atoms with E-state index in [4.69, 9.17) is 14.7 Å². The van der Waals surface area contributed by atoms with Crippen molar-refractivity contribution in [2.24, 2.45) is 9.98 Å². The van der Waals surface area contributed by atoms with E-state index < -0.39 is 0 Å². The summed E-state index contributed by atoms with van der Waals surface area (Å²) in [6.07, 6.45) is 0. The van der Waals surface area contributed by atoms with Gasteiger partial charge in [-0.1, -0.05) is 111 Å². The van der Waals surface area contributed by atoms with E-state index in [1.54, 1.807) is 0 Å². The molecule has 0 fully saturated rings. The zero-order valence-corrected chi connectivity index (χ0v) is 39.4. The molecule has 0 saturated carbocycles. The van der Waals surface area contributed by atoms with Crippen molar-refractivity contribution in [3.8, 4) is 11.5 Å². The van der Waals surface area contributed by atoms with Crippen molar-refractivity contribution in [2.45, 2.75) is 125 Å². The van der Waals surface area contributed by atoms with E-state index in [0.717, 1.165) is 34.3 Å². The lowest BCUT2D eigenvalue weighted by molar-refractivity contribution is 0.357. The Kier molecular flexibility index (Phi) is 13.7. The van der Waals surface area contributed by atoms with E-state index in [0.29, 0.717) is 19.4 Å². The highest BCUT2D eigenvalue weighted by Gasteiger charge is 2.39. The number of rotatable bonds is 6. The predicted octanol–water partition coefficient (Wildman–Crippen LogP) is 9.95. The highest BCUT2D eigenvalue weighted by Crippen LogP contribution is 2.46. The van der Waals surface area contributed by atoms with Crippen molar-refractivity contribution in [3.05, 3.63) is 119 Å². The average molecular weight is 793 g/mol. The third kappa shape index (κ3) is 10.6. The first kappa shape index (κ1) is 43.6. The van der Waals surface area contributed by atoms with Gasteiger partial charge in [-0.15, -0.1) is 17.9 Å². The fourth-order valence-corrected chi connectivity index (χ4v) is 8.95. The minimum Gasteiger partial charge on any atom is -0.457 e. The van der Waals surface area contributed by atoms with Crippen molar-refractivity contribution in [1.29, 1.82) is 0 Å². The molecule has 1 heterocycles. The van der Waals surface area contributed by atoms with Crippen LogP contribution in [0, 0.1) is 0 Å². The Labute approximate surface area is 337 Å². The number of hydrogen-bond donors (Lipinski definition) is 0. The summed E-state index contributed by atoms with van der Waals surface area (Å²) in [6, 6.07) is 34.6. The van der Waals surface area contributed by atoms with E-state index in [9.17, 15) is 0 Å². The molecular formula is C45H62N4OP2Si2. The molecule has 4 radical (unpaired) electrons. The maximum Gasteiger partial charge on any atom is 0.227 e. The third-order valence-electron chi connectivity index (χ3n) is 8.76. The Morgan fingerprint density at radius 3 is 1.15 bits per heavy atom. The minimum absolute atomic E-state index is 0.205. The highest BCUT2D eigenvalue weighted by atomic mass is 32.0. The molecule has 54 heavy (non-hydrogen) atoms. The predicted molar refractivity (Wildman–Crippen MR) is 244 cm³/mol. The average Bonchev–Trinajstić information content (AvgIpc) is 3.08. The fraction of sp³-hybridized carbons (Fsp3) is 0.422. The largest absolute Gasteiger partial charge is 0.457 e. The Morgan fingerprint density at radius 2 is 0.852 bits per heavy atom. The number of nitrogens with zero attached hydrogens (tertiary/aromatic N) is 4. The fourth-order valence-electron chi connectivity index (χ4n) is 6.32. The van der Waals surface area contributed by atoms with Gasteiger partial charge in [0.2, 0.25) is 19.4 Å². The summed E-state index contributed by atoms with van der Waals surface area (Å²) in [5.41, 5.74) is 3.47. The second-order valence-corrected chi connectivity index (χ2v) is 20.7. The van der Waals surface area contributed by atoms with E-state index in [1.807, 2.05) is 0 Å². The number of hydrogen-bond acceptors (Lipinski definition) is 3. The van der Waals surface area contributed by atoms with Gasteiger partial charge in [-0.25, -0.2) is 0 Å². The van der Waals surface area contributed by atoms with Gasteiger partial charge >= 0.3 is 0 Å². The summed E-state index contributed by atoms with van der Waals surface area (Å²) in [7, 11) is 5.26. The molecule has 0 spiro atoms. The summed E-state index contributed by atoms with van der Waals surface area (Å²) in [5, 5.41) is 2.35. The van der Waals surface area contributed by atoms with Crippen molar-refractivity contribution in [2.75, 3.05) is 0 Å². The maximum absolute atomic E-state index is 7.26. The maximum atomic E-state index is 7.26. The van der Waals surface area contributed by atoms with Crippen LogP contribution in [0.5, 0.6) is 11.5 Å². The van der Waals surface area contributed by atoms with Crippen LogP contribution in [0.25, 0.3) is 0 Å². The molecule has 0 aliphatic carbocycles. The Morgan fingerprint density at radius 1 is 0.519 bits per heavy atom. The van der Waals surface area contributed by atoms with Gasteiger partial charge in [0, 0.05) is 49.1 Å². The van der Waals surface area contributed by atoms with Crippen molar-refractivity contribution >= 4 is 59.3 Å². The minimum atomic E-state index is -0.271. The molecule has 1 aliphatic heterocycles. The number of fused-ring (bicyclic) bond motifs is 2. The number of para-hydroxylation sites is 2. The molecule has 5 nitrogen and oxygen atoms in total. The first-order valence-electron chi connectivity index (χ1n) is 18.8. The van der Waals surface area contributed by atoms with Gasteiger partial charge in [-0.3, -0.25) is 9.98 Å². The van der Waals surface area contributed by atoms with E-state index >= 15 is 0 Å². The van der Waals surface area contributed by atoms with Crippen LogP contribution >= 0.6 is 17.9 Å². The lowest BCUT2D eigenvalue weighted by Gasteiger charge is -2.42. The summed E-state index contributed by atoms with van der Waals surface area (Å²) in [5.74, 6) is 3.92. The quantitative estimate of drug-likeness (QED) is 0.0846.